The lowest BCUT2D eigenvalue weighted by Gasteiger charge is -2.33. The topological polar surface area (TPSA) is 105 Å². The number of amides is 2. The highest BCUT2D eigenvalue weighted by Crippen LogP contribution is 2.36. The van der Waals surface area contributed by atoms with E-state index in [0.29, 0.717) is 24.5 Å². The van der Waals surface area contributed by atoms with Gasteiger partial charge in [0.2, 0.25) is 28.6 Å². The summed E-state index contributed by atoms with van der Waals surface area (Å²) < 4.78 is 37.1. The maximum atomic E-state index is 13.6. The molecule has 1 atom stereocenters. The van der Waals surface area contributed by atoms with Crippen molar-refractivity contribution in [3.05, 3.63) is 54.1 Å². The quantitative estimate of drug-likeness (QED) is 0.447. The first-order valence-electron chi connectivity index (χ1n) is 11.7. The van der Waals surface area contributed by atoms with E-state index in [4.69, 9.17) is 9.47 Å². The van der Waals surface area contributed by atoms with E-state index in [1.807, 2.05) is 44.2 Å². The summed E-state index contributed by atoms with van der Waals surface area (Å²) in [6.07, 6.45) is 3.20. The minimum atomic E-state index is -3.82. The third-order valence-electron chi connectivity index (χ3n) is 5.73. The van der Waals surface area contributed by atoms with Crippen LogP contribution in [0.3, 0.4) is 0 Å². The van der Waals surface area contributed by atoms with E-state index in [0.717, 1.165) is 29.0 Å². The maximum Gasteiger partial charge on any atom is 0.244 e. The zero-order chi connectivity index (χ0) is 25.4. The van der Waals surface area contributed by atoms with Gasteiger partial charge in [-0.25, -0.2) is 8.42 Å². The van der Waals surface area contributed by atoms with Gasteiger partial charge in [0, 0.05) is 19.2 Å². The Morgan fingerprint density at radius 1 is 1.06 bits per heavy atom. The molecule has 3 rings (SSSR count). The van der Waals surface area contributed by atoms with Crippen molar-refractivity contribution in [2.75, 3.05) is 30.4 Å². The summed E-state index contributed by atoms with van der Waals surface area (Å²) in [5.41, 5.74) is 1.12. The van der Waals surface area contributed by atoms with E-state index in [9.17, 15) is 18.0 Å². The highest BCUT2D eigenvalue weighted by Gasteiger charge is 2.32. The highest BCUT2D eigenvalue weighted by molar-refractivity contribution is 7.92. The Balaban J connectivity index is 1.90. The first-order valence-corrected chi connectivity index (χ1v) is 13.6. The summed E-state index contributed by atoms with van der Waals surface area (Å²) in [5.74, 6) is 0.189. The molecule has 0 aromatic heterocycles. The molecule has 1 N–H and O–H groups in total. The fourth-order valence-electron chi connectivity index (χ4n) is 3.86. The Hall–Kier alpha value is -3.27. The molecule has 10 heteroatoms. The van der Waals surface area contributed by atoms with Crippen LogP contribution in [0, 0.1) is 0 Å². The van der Waals surface area contributed by atoms with Gasteiger partial charge >= 0.3 is 0 Å². The fraction of sp³-hybridized carbons (Fsp3) is 0.440. The van der Waals surface area contributed by atoms with Gasteiger partial charge in [-0.3, -0.25) is 13.9 Å². The smallest absolute Gasteiger partial charge is 0.244 e. The van der Waals surface area contributed by atoms with Crippen LogP contribution in [-0.2, 0) is 26.2 Å². The molecule has 1 aliphatic rings. The summed E-state index contributed by atoms with van der Waals surface area (Å²) in [6, 6.07) is 13.3. The van der Waals surface area contributed by atoms with Crippen LogP contribution < -0.4 is 19.1 Å². The van der Waals surface area contributed by atoms with Gasteiger partial charge in [0.25, 0.3) is 0 Å². The number of rotatable bonds is 12. The number of benzene rings is 2. The van der Waals surface area contributed by atoms with Gasteiger partial charge in [0.1, 0.15) is 12.6 Å². The molecule has 190 valence electrons. The van der Waals surface area contributed by atoms with Crippen molar-refractivity contribution in [1.82, 2.24) is 10.2 Å². The largest absolute Gasteiger partial charge is 0.454 e. The molecule has 1 heterocycles. The number of ether oxygens (including phenoxy) is 2. The summed E-state index contributed by atoms with van der Waals surface area (Å²) >= 11 is 0. The van der Waals surface area contributed by atoms with Crippen LogP contribution in [0.2, 0.25) is 0 Å². The van der Waals surface area contributed by atoms with Gasteiger partial charge in [-0.1, -0.05) is 50.6 Å². The number of fused-ring (bicyclic) bond motifs is 1. The second-order valence-electron chi connectivity index (χ2n) is 8.38. The van der Waals surface area contributed by atoms with E-state index >= 15 is 0 Å². The van der Waals surface area contributed by atoms with Crippen molar-refractivity contribution in [2.24, 2.45) is 0 Å². The number of unbranched alkanes of at least 4 members (excludes halogenated alkanes) is 1. The Morgan fingerprint density at radius 2 is 1.77 bits per heavy atom. The molecule has 0 spiro atoms. The minimum absolute atomic E-state index is 0.0484. The molecule has 0 fully saturated rings. The van der Waals surface area contributed by atoms with Crippen molar-refractivity contribution in [1.29, 1.82) is 0 Å². The van der Waals surface area contributed by atoms with Gasteiger partial charge in [-0.15, -0.1) is 0 Å². The summed E-state index contributed by atoms with van der Waals surface area (Å²) in [7, 11) is -3.82. The summed E-state index contributed by atoms with van der Waals surface area (Å²) in [5, 5.41) is 2.90. The first-order chi connectivity index (χ1) is 16.7. The predicted octanol–water partition coefficient (Wildman–Crippen LogP) is 2.91. The van der Waals surface area contributed by atoms with Crippen LogP contribution in [0.5, 0.6) is 11.5 Å². The second kappa shape index (κ2) is 11.9. The SMILES string of the molecule is CCCCNC(=O)C(CC)N(Cc1ccccc1)C(=O)CN(c1ccc2c(c1)OCO2)S(C)(=O)=O. The van der Waals surface area contributed by atoms with Gasteiger partial charge in [-0.05, 0) is 30.5 Å². The van der Waals surface area contributed by atoms with E-state index in [1.54, 1.807) is 12.1 Å². The van der Waals surface area contributed by atoms with Crippen molar-refractivity contribution in [2.45, 2.75) is 45.7 Å². The van der Waals surface area contributed by atoms with Gasteiger partial charge in [0.15, 0.2) is 11.5 Å². The average molecular weight is 504 g/mol. The van der Waals surface area contributed by atoms with Crippen LogP contribution in [-0.4, -0.2) is 57.3 Å². The van der Waals surface area contributed by atoms with E-state index in [-0.39, 0.29) is 24.9 Å². The maximum absolute atomic E-state index is 13.6. The van der Waals surface area contributed by atoms with Crippen LogP contribution in [0.15, 0.2) is 48.5 Å². The molecule has 0 aliphatic carbocycles. The Labute approximate surface area is 207 Å². The standard InChI is InChI=1S/C25H33N3O6S/c1-4-6-14-26-25(30)21(5-2)27(16-19-10-8-7-9-11-19)24(29)17-28(35(3,31)32)20-12-13-22-23(15-20)34-18-33-22/h7-13,15,21H,4-6,14,16-18H2,1-3H3,(H,26,30). The van der Waals surface area contributed by atoms with E-state index in [1.165, 1.54) is 11.0 Å². The van der Waals surface area contributed by atoms with Crippen LogP contribution in [0.25, 0.3) is 0 Å². The molecule has 2 aromatic rings. The monoisotopic (exact) mass is 503 g/mol. The Kier molecular flexibility index (Phi) is 8.97. The lowest BCUT2D eigenvalue weighted by molar-refractivity contribution is -0.140. The van der Waals surface area contributed by atoms with Crippen LogP contribution in [0.4, 0.5) is 5.69 Å². The molecule has 0 radical (unpaired) electrons. The third-order valence-corrected chi connectivity index (χ3v) is 6.88. The highest BCUT2D eigenvalue weighted by atomic mass is 32.2. The number of sulfonamides is 1. The molecule has 2 aromatic carbocycles. The van der Waals surface area contributed by atoms with Gasteiger partial charge in [-0.2, -0.15) is 0 Å². The van der Waals surface area contributed by atoms with Gasteiger partial charge in [0.05, 0.1) is 11.9 Å². The number of hydrogen-bond acceptors (Lipinski definition) is 6. The summed E-state index contributed by atoms with van der Waals surface area (Å²) in [4.78, 5) is 28.1. The normalized spacial score (nSPS) is 13.2. The lowest BCUT2D eigenvalue weighted by Crippen LogP contribution is -2.52. The average Bonchev–Trinajstić information content (AvgIpc) is 3.30. The number of nitrogens with zero attached hydrogens (tertiary/aromatic N) is 2. The molecule has 2 amide bonds. The lowest BCUT2D eigenvalue weighted by atomic mass is 10.1. The van der Waals surface area contributed by atoms with Crippen molar-refractivity contribution in [3.63, 3.8) is 0 Å². The minimum Gasteiger partial charge on any atom is -0.454 e. The zero-order valence-corrected chi connectivity index (χ0v) is 21.2. The Bertz CT molecular complexity index is 1120. The second-order valence-corrected chi connectivity index (χ2v) is 10.3. The predicted molar refractivity (Wildman–Crippen MR) is 134 cm³/mol. The molecule has 9 nitrogen and oxygen atoms in total. The van der Waals surface area contributed by atoms with Gasteiger partial charge < -0.3 is 19.7 Å². The third kappa shape index (κ3) is 6.88. The van der Waals surface area contributed by atoms with Crippen LogP contribution >= 0.6 is 0 Å². The molecular formula is C25H33N3O6S. The molecular weight excluding hydrogens is 470 g/mol. The van der Waals surface area contributed by atoms with E-state index in [2.05, 4.69) is 5.32 Å². The molecule has 0 saturated carbocycles. The molecule has 0 bridgehead atoms. The van der Waals surface area contributed by atoms with Crippen molar-refractivity contribution < 1.29 is 27.5 Å². The zero-order valence-electron chi connectivity index (χ0n) is 20.4. The number of nitrogens with one attached hydrogen (secondary N) is 1. The number of carbonyl (C=O) groups excluding carboxylic acids is 2. The summed E-state index contributed by atoms with van der Waals surface area (Å²) in [6.45, 7) is 4.16. The first kappa shape index (κ1) is 26.3. The molecule has 0 saturated heterocycles. The number of anilines is 1. The van der Waals surface area contributed by atoms with E-state index < -0.39 is 28.5 Å². The molecule has 1 aliphatic heterocycles. The van der Waals surface area contributed by atoms with Crippen molar-refractivity contribution >= 4 is 27.5 Å². The fourth-order valence-corrected chi connectivity index (χ4v) is 4.70. The van der Waals surface area contributed by atoms with Crippen LogP contribution in [0.1, 0.15) is 38.7 Å². The number of carbonyl (C=O) groups is 2. The molecule has 35 heavy (non-hydrogen) atoms. The Morgan fingerprint density at radius 3 is 2.43 bits per heavy atom. The molecule has 1 unspecified atom stereocenters. The van der Waals surface area contributed by atoms with Crippen molar-refractivity contribution in [3.8, 4) is 11.5 Å². The number of hydrogen-bond donors (Lipinski definition) is 1.